The minimum atomic E-state index is -0.466. The molecule has 2 N–H and O–H groups in total. The molecule has 7 nitrogen and oxygen atoms in total. The predicted molar refractivity (Wildman–Crippen MR) is 108 cm³/mol. The van der Waals surface area contributed by atoms with Gasteiger partial charge in [-0.05, 0) is 50.6 Å². The van der Waals surface area contributed by atoms with Crippen molar-refractivity contribution in [3.05, 3.63) is 51.8 Å². The van der Waals surface area contributed by atoms with Crippen molar-refractivity contribution in [1.29, 1.82) is 0 Å². The summed E-state index contributed by atoms with van der Waals surface area (Å²) in [7, 11) is 1.32. The molecule has 0 aliphatic heterocycles. The highest BCUT2D eigenvalue weighted by Gasteiger charge is 2.26. The molecule has 0 aliphatic rings. The lowest BCUT2D eigenvalue weighted by molar-refractivity contribution is 0.0599. The van der Waals surface area contributed by atoms with Crippen LogP contribution < -0.4 is 0 Å². The summed E-state index contributed by atoms with van der Waals surface area (Å²) >= 11 is 7.14. The number of thioether (sulfide) groups is 1. The van der Waals surface area contributed by atoms with E-state index in [0.717, 1.165) is 5.56 Å². The molecular formula is C19H19ClN4O3S. The number of carbonyl (C=O) groups is 2. The molecule has 0 amide bonds. The van der Waals surface area contributed by atoms with Gasteiger partial charge in [-0.15, -0.1) is 5.10 Å². The molecule has 0 bridgehead atoms. The first-order valence-electron chi connectivity index (χ1n) is 8.48. The molecule has 0 spiro atoms. The van der Waals surface area contributed by atoms with Crippen LogP contribution in [0.1, 0.15) is 39.0 Å². The van der Waals surface area contributed by atoms with Gasteiger partial charge >= 0.3 is 5.97 Å². The summed E-state index contributed by atoms with van der Waals surface area (Å²) in [5.74, 6) is -0.00975. The third-order valence-corrected chi connectivity index (χ3v) is 5.52. The lowest BCUT2D eigenvalue weighted by Crippen LogP contribution is -2.15. The molecule has 0 aliphatic carbocycles. The molecule has 0 radical (unpaired) electrons. The van der Waals surface area contributed by atoms with Crippen LogP contribution in [-0.2, 0) is 4.74 Å². The summed E-state index contributed by atoms with van der Waals surface area (Å²) in [4.78, 5) is 32.2. The molecule has 146 valence electrons. The van der Waals surface area contributed by atoms with Gasteiger partial charge in [-0.3, -0.25) is 9.89 Å². The number of Topliss-reactive ketones (excluding diaryl/α,β-unsaturated/α-hetero) is 1. The third-order valence-electron chi connectivity index (χ3n) is 4.31. The van der Waals surface area contributed by atoms with Gasteiger partial charge in [0.2, 0.25) is 5.16 Å². The molecule has 0 saturated heterocycles. The Morgan fingerprint density at radius 2 is 1.89 bits per heavy atom. The van der Waals surface area contributed by atoms with Gasteiger partial charge < -0.3 is 9.72 Å². The summed E-state index contributed by atoms with van der Waals surface area (Å²) in [5, 5.41) is 7.69. The van der Waals surface area contributed by atoms with Crippen molar-refractivity contribution in [3.63, 3.8) is 0 Å². The van der Waals surface area contributed by atoms with Crippen molar-refractivity contribution >= 4 is 35.1 Å². The van der Waals surface area contributed by atoms with Crippen LogP contribution in [0.25, 0.3) is 11.4 Å². The van der Waals surface area contributed by atoms with Crippen molar-refractivity contribution in [3.8, 4) is 11.4 Å². The Kier molecular flexibility index (Phi) is 5.90. The molecule has 9 heteroatoms. The number of esters is 1. The number of carbonyl (C=O) groups excluding carboxylic acids is 2. The Balaban J connectivity index is 1.77. The van der Waals surface area contributed by atoms with E-state index in [2.05, 4.69) is 20.2 Å². The Morgan fingerprint density at radius 3 is 2.54 bits per heavy atom. The quantitative estimate of drug-likeness (QED) is 0.353. The minimum Gasteiger partial charge on any atom is -0.465 e. The van der Waals surface area contributed by atoms with Crippen molar-refractivity contribution in [2.75, 3.05) is 7.11 Å². The van der Waals surface area contributed by atoms with Gasteiger partial charge in [0.25, 0.3) is 0 Å². The molecule has 2 heterocycles. The molecule has 3 aromatic rings. The van der Waals surface area contributed by atoms with Gasteiger partial charge in [0.1, 0.15) is 0 Å². The van der Waals surface area contributed by atoms with E-state index in [-0.39, 0.29) is 5.78 Å². The zero-order valence-electron chi connectivity index (χ0n) is 15.8. The van der Waals surface area contributed by atoms with Crippen LogP contribution >= 0.6 is 23.4 Å². The lowest BCUT2D eigenvalue weighted by atomic mass is 10.1. The SMILES string of the molecule is COC(=O)c1c(C)[nH]c(C(=O)C(C)Sc2n[nH]c(-c3ccc(Cl)cc3)n2)c1C. The fourth-order valence-electron chi connectivity index (χ4n) is 2.86. The Bertz CT molecular complexity index is 1030. The van der Waals surface area contributed by atoms with Crippen molar-refractivity contribution in [2.24, 2.45) is 0 Å². The van der Waals surface area contributed by atoms with E-state index in [1.807, 2.05) is 12.1 Å². The minimum absolute atomic E-state index is 0.140. The number of nitrogens with zero attached hydrogens (tertiary/aromatic N) is 2. The molecule has 1 unspecified atom stereocenters. The summed E-state index contributed by atoms with van der Waals surface area (Å²) in [6, 6.07) is 7.22. The smallest absolute Gasteiger partial charge is 0.339 e. The molecular weight excluding hydrogens is 400 g/mol. The van der Waals surface area contributed by atoms with Crippen molar-refractivity contribution in [2.45, 2.75) is 31.2 Å². The van der Waals surface area contributed by atoms with Crippen LogP contribution in [0.5, 0.6) is 0 Å². The Hall–Kier alpha value is -2.58. The van der Waals surface area contributed by atoms with Crippen molar-refractivity contribution in [1.82, 2.24) is 20.2 Å². The molecule has 28 heavy (non-hydrogen) atoms. The third kappa shape index (κ3) is 3.98. The standard InChI is InChI=1S/C19H19ClN4O3S/c1-9-14(18(26)27-4)10(2)21-15(9)16(25)11(3)28-19-22-17(23-24-19)12-5-7-13(20)8-6-12/h5-8,11,21H,1-4H3,(H,22,23,24). The lowest BCUT2D eigenvalue weighted by Gasteiger charge is -2.07. The van der Waals surface area contributed by atoms with E-state index >= 15 is 0 Å². The first-order chi connectivity index (χ1) is 13.3. The number of aryl methyl sites for hydroxylation is 1. The molecule has 1 aromatic carbocycles. The largest absolute Gasteiger partial charge is 0.465 e. The van der Waals surface area contributed by atoms with Crippen molar-refractivity contribution < 1.29 is 14.3 Å². The van der Waals surface area contributed by atoms with E-state index in [1.54, 1.807) is 32.9 Å². The highest BCUT2D eigenvalue weighted by molar-refractivity contribution is 8.00. The molecule has 2 aromatic heterocycles. The van der Waals surface area contributed by atoms with Crippen LogP contribution in [0, 0.1) is 13.8 Å². The first-order valence-corrected chi connectivity index (χ1v) is 9.74. The number of aromatic nitrogens is 4. The van der Waals surface area contributed by atoms with Gasteiger partial charge in [-0.25, -0.2) is 9.78 Å². The fourth-order valence-corrected chi connectivity index (χ4v) is 3.76. The summed E-state index contributed by atoms with van der Waals surface area (Å²) in [6.07, 6.45) is 0. The van der Waals surface area contributed by atoms with Gasteiger partial charge in [-0.2, -0.15) is 0 Å². The normalized spacial score (nSPS) is 12.0. The number of nitrogens with one attached hydrogen (secondary N) is 2. The topological polar surface area (TPSA) is 101 Å². The molecule has 0 saturated carbocycles. The monoisotopic (exact) mass is 418 g/mol. The number of ether oxygens (including phenoxy) is 1. The van der Waals surface area contributed by atoms with E-state index in [4.69, 9.17) is 16.3 Å². The molecule has 1 atom stereocenters. The van der Waals surface area contributed by atoms with E-state index in [9.17, 15) is 9.59 Å². The number of benzene rings is 1. The molecule has 0 fully saturated rings. The first kappa shape index (κ1) is 20.2. The number of methoxy groups -OCH3 is 1. The second-order valence-corrected chi connectivity index (χ2v) is 7.96. The summed E-state index contributed by atoms with van der Waals surface area (Å²) < 4.78 is 4.79. The second kappa shape index (κ2) is 8.20. The Morgan fingerprint density at radius 1 is 1.21 bits per heavy atom. The summed E-state index contributed by atoms with van der Waals surface area (Å²) in [5.41, 5.74) is 2.82. The van der Waals surface area contributed by atoms with Crippen LogP contribution in [0.3, 0.4) is 0 Å². The second-order valence-electron chi connectivity index (χ2n) is 6.21. The van der Waals surface area contributed by atoms with E-state index in [1.165, 1.54) is 18.9 Å². The van der Waals surface area contributed by atoms with Gasteiger partial charge in [0.15, 0.2) is 11.6 Å². The highest BCUT2D eigenvalue weighted by Crippen LogP contribution is 2.27. The van der Waals surface area contributed by atoms with Gasteiger partial charge in [0.05, 0.1) is 23.6 Å². The number of hydrogen-bond acceptors (Lipinski definition) is 6. The highest BCUT2D eigenvalue weighted by atomic mass is 35.5. The van der Waals surface area contributed by atoms with Gasteiger partial charge in [-0.1, -0.05) is 23.4 Å². The van der Waals surface area contributed by atoms with Crippen LogP contribution in [0.4, 0.5) is 0 Å². The molecule has 3 rings (SSSR count). The van der Waals surface area contributed by atoms with Crippen LogP contribution in [-0.4, -0.2) is 44.3 Å². The maximum Gasteiger partial charge on any atom is 0.339 e. The zero-order valence-corrected chi connectivity index (χ0v) is 17.4. The maximum absolute atomic E-state index is 12.9. The summed E-state index contributed by atoms with van der Waals surface area (Å²) in [6.45, 7) is 5.24. The zero-order chi connectivity index (χ0) is 20.4. The number of H-pyrrole nitrogens is 2. The average Bonchev–Trinajstić information content (AvgIpc) is 3.25. The van der Waals surface area contributed by atoms with E-state index < -0.39 is 11.2 Å². The average molecular weight is 419 g/mol. The Labute approximate surface area is 171 Å². The van der Waals surface area contributed by atoms with Gasteiger partial charge in [0, 0.05) is 16.3 Å². The number of halogens is 1. The fraction of sp³-hybridized carbons (Fsp3) is 0.263. The number of ketones is 1. The number of hydrogen-bond donors (Lipinski definition) is 2. The van der Waals surface area contributed by atoms with Crippen LogP contribution in [0.15, 0.2) is 29.4 Å². The van der Waals surface area contributed by atoms with Crippen LogP contribution in [0.2, 0.25) is 5.02 Å². The number of aromatic amines is 2. The maximum atomic E-state index is 12.9. The van der Waals surface area contributed by atoms with E-state index in [0.29, 0.717) is 38.5 Å². The number of rotatable bonds is 6. The predicted octanol–water partition coefficient (Wildman–Crippen LogP) is 4.22.